The second kappa shape index (κ2) is 14.2. The van der Waals surface area contributed by atoms with Crippen LogP contribution in [0.25, 0.3) is 54.2 Å². The molecule has 0 saturated carbocycles. The van der Waals surface area contributed by atoms with E-state index in [4.69, 9.17) is 23.2 Å². The van der Waals surface area contributed by atoms with Crippen LogP contribution in [0.1, 0.15) is 22.3 Å². The van der Waals surface area contributed by atoms with Gasteiger partial charge in [-0.15, -0.1) is 0 Å². The predicted molar refractivity (Wildman–Crippen MR) is 212 cm³/mol. The molecule has 0 aliphatic heterocycles. The van der Waals surface area contributed by atoms with Crippen molar-refractivity contribution in [2.75, 3.05) is 0 Å². The van der Waals surface area contributed by atoms with E-state index in [2.05, 4.69) is 164 Å². The molecule has 0 nitrogen and oxygen atoms in total. The third-order valence-electron chi connectivity index (χ3n) is 10.7. The van der Waals surface area contributed by atoms with Gasteiger partial charge in [-0.2, -0.15) is 0 Å². The van der Waals surface area contributed by atoms with E-state index >= 15 is 0 Å². The Bertz CT molecular complexity index is 2730. The fraction of sp³-hybridized carbons (Fsp3) is 0.0426. The molecule has 5 heteroatoms. The monoisotopic (exact) mass is 824 g/mol. The molecule has 8 aromatic carbocycles. The van der Waals surface area contributed by atoms with Crippen LogP contribution in [0.3, 0.4) is 0 Å². The largest absolute Gasteiger partial charge is 1.00 e. The molecule has 0 unspecified atom stereocenters. The topological polar surface area (TPSA) is 0 Å². The van der Waals surface area contributed by atoms with Crippen molar-refractivity contribution in [2.45, 2.75) is 10.0 Å². The van der Waals surface area contributed by atoms with Crippen molar-refractivity contribution in [3.05, 3.63) is 196 Å². The number of benzene rings is 8. The predicted octanol–water partition coefficient (Wildman–Crippen LogP) is 6.61. The summed E-state index contributed by atoms with van der Waals surface area (Å²) in [4.78, 5) is 0. The Morgan fingerprint density at radius 3 is 1.65 bits per heavy atom. The molecule has 8 aromatic rings. The molecule has 0 bridgehead atoms. The Hall–Kier alpha value is -3.81. The molecule has 0 saturated heterocycles. The maximum Gasteiger partial charge on any atom is -1.00 e. The van der Waals surface area contributed by atoms with Crippen molar-refractivity contribution in [3.63, 3.8) is 0 Å². The molecule has 0 radical (unpaired) electrons. The first-order valence-electron chi connectivity index (χ1n) is 17.2. The quantitative estimate of drug-likeness (QED) is 0.176. The van der Waals surface area contributed by atoms with Crippen LogP contribution in [-0.4, -0.2) is 3.21 Å². The number of hydrogen-bond acceptors (Lipinski definition) is 0. The minimum Gasteiger partial charge on any atom is -1.00 e. The summed E-state index contributed by atoms with van der Waals surface area (Å²) in [5.41, 5.74) is 8.22. The van der Waals surface area contributed by atoms with E-state index < -0.39 is 21.3 Å². The zero-order valence-electron chi connectivity index (χ0n) is 27.9. The van der Waals surface area contributed by atoms with Crippen LogP contribution in [-0.2, 0) is 27.7 Å². The summed E-state index contributed by atoms with van der Waals surface area (Å²) in [6.07, 6.45) is 10.4. The van der Waals surface area contributed by atoms with Crippen LogP contribution in [0.15, 0.2) is 164 Å². The van der Waals surface area contributed by atoms with E-state index in [1.54, 1.807) is 0 Å². The zero-order valence-corrected chi connectivity index (χ0v) is 33.4. The minimum absolute atomic E-state index is 0. The van der Waals surface area contributed by atoms with Crippen LogP contribution >= 0.6 is 23.2 Å². The normalized spacial score (nSPS) is 12.8. The van der Waals surface area contributed by atoms with Crippen molar-refractivity contribution in [1.29, 1.82) is 0 Å². The molecule has 0 heterocycles. The smallest absolute Gasteiger partial charge is 1.00 e. The first kappa shape index (κ1) is 35.2. The molecule has 0 N–H and O–H groups in total. The van der Waals surface area contributed by atoms with Crippen LogP contribution in [0, 0.1) is 0 Å². The van der Waals surface area contributed by atoms with E-state index in [-0.39, 0.29) is 24.8 Å². The first-order chi connectivity index (χ1) is 24.7. The Morgan fingerprint density at radius 1 is 0.500 bits per heavy atom. The molecule has 250 valence electrons. The molecular formula is C47H30Cl4Zr. The van der Waals surface area contributed by atoms with Gasteiger partial charge in [-0.05, 0) is 0 Å². The molecule has 10 rings (SSSR count). The van der Waals surface area contributed by atoms with Gasteiger partial charge in [-0.3, -0.25) is 0 Å². The van der Waals surface area contributed by atoms with Gasteiger partial charge in [0.15, 0.2) is 0 Å². The van der Waals surface area contributed by atoms with Crippen LogP contribution in [0.5, 0.6) is 0 Å². The average molecular weight is 828 g/mol. The summed E-state index contributed by atoms with van der Waals surface area (Å²) in [5.74, 6) is 0. The molecule has 0 fully saturated rings. The Labute approximate surface area is 333 Å². The third kappa shape index (κ3) is 5.48. The summed E-state index contributed by atoms with van der Waals surface area (Å²) < 4.78 is 3.33. The van der Waals surface area contributed by atoms with Crippen molar-refractivity contribution in [1.82, 2.24) is 0 Å². The van der Waals surface area contributed by atoms with Gasteiger partial charge >= 0.3 is 311 Å². The first-order valence-corrected chi connectivity index (χ1v) is 21.8. The van der Waals surface area contributed by atoms with Gasteiger partial charge in [0.25, 0.3) is 0 Å². The fourth-order valence-electron chi connectivity index (χ4n) is 8.64. The van der Waals surface area contributed by atoms with Gasteiger partial charge < -0.3 is 24.8 Å². The molecule has 0 amide bonds. The molecule has 0 aromatic heterocycles. The summed E-state index contributed by atoms with van der Waals surface area (Å²) >= 11 is 10.8. The molecule has 0 spiro atoms. The van der Waals surface area contributed by atoms with E-state index in [1.165, 1.54) is 72.2 Å². The summed E-state index contributed by atoms with van der Waals surface area (Å²) in [7, 11) is 0. The van der Waals surface area contributed by atoms with Gasteiger partial charge in [0.05, 0.1) is 0 Å². The second-order valence-electron chi connectivity index (χ2n) is 13.3. The van der Waals surface area contributed by atoms with Crippen LogP contribution in [0.2, 0.25) is 13.7 Å². The molecule has 2 aliphatic rings. The molecule has 52 heavy (non-hydrogen) atoms. The van der Waals surface area contributed by atoms with E-state index in [9.17, 15) is 0 Å². The van der Waals surface area contributed by atoms with Gasteiger partial charge in [-0.1, -0.05) is 0 Å². The van der Waals surface area contributed by atoms with Gasteiger partial charge in [-0.25, -0.2) is 0 Å². The number of rotatable bonds is 4. The van der Waals surface area contributed by atoms with Crippen LogP contribution in [0.4, 0.5) is 0 Å². The van der Waals surface area contributed by atoms with Gasteiger partial charge in [0, 0.05) is 0 Å². The van der Waals surface area contributed by atoms with Crippen molar-refractivity contribution >= 4 is 72.8 Å². The molecule has 0 atom stereocenters. The van der Waals surface area contributed by atoms with Crippen molar-refractivity contribution < 1.29 is 46.1 Å². The van der Waals surface area contributed by atoms with Gasteiger partial charge in [0.2, 0.25) is 0 Å². The standard InChI is InChI=1S/C21H12Cl2.C21H13.C5H5.2ClH.Zr/c22-20-11-9-14(16-5-1-3-7-18(16)20)13-15-10-12-21(23)19-8-4-2-6-17(15)19;1-2-8-15-14(7-1)13-20-18-11-4-3-9-16(18)17-10-5-6-12-19(17)21(15)20;1-2-4-5-3-1;;;/h1-12H;1-10,12H,13H2;1-5H;2*1H;/q;;;;;+2/p-2. The Balaban J connectivity index is 0.00000193. The van der Waals surface area contributed by atoms with Crippen molar-refractivity contribution in [3.8, 4) is 11.1 Å². The second-order valence-corrected chi connectivity index (χ2v) is 20.4. The average Bonchev–Trinajstić information content (AvgIpc) is 3.84. The molecule has 2 aliphatic carbocycles. The van der Waals surface area contributed by atoms with E-state index in [0.29, 0.717) is 3.63 Å². The maximum absolute atomic E-state index is 6.93. The maximum atomic E-state index is 6.93. The summed E-state index contributed by atoms with van der Waals surface area (Å²) in [5, 5.41) is 11.6. The van der Waals surface area contributed by atoms with E-state index in [0.717, 1.165) is 27.2 Å². The SMILES string of the molecule is Clc1ccc([C](c2ccc(Cl)c3ccccc23)=[Zr+2]([c]2cccc3c2c2c(c4ccccc43)-c3ccccc3C2)[CH]2C=CC=C2)c2ccccc12.[Cl-].[Cl-]. The number of halogens is 4. The fourth-order valence-corrected chi connectivity index (χ4v) is 17.5. The number of allylic oxidation sites excluding steroid dienone is 4. The van der Waals surface area contributed by atoms with Gasteiger partial charge in [0.1, 0.15) is 0 Å². The Kier molecular flexibility index (Phi) is 9.63. The van der Waals surface area contributed by atoms with Crippen LogP contribution < -0.4 is 28.1 Å². The zero-order chi connectivity index (χ0) is 33.3. The van der Waals surface area contributed by atoms with Crippen molar-refractivity contribution in [2.24, 2.45) is 0 Å². The summed E-state index contributed by atoms with van der Waals surface area (Å²) in [6, 6.07) is 51.3. The minimum atomic E-state index is -3.06. The number of fused-ring (bicyclic) bond motifs is 10. The third-order valence-corrected chi connectivity index (χ3v) is 19.1. The molecular weight excluding hydrogens is 798 g/mol. The van der Waals surface area contributed by atoms with E-state index in [1.807, 2.05) is 0 Å². The number of hydrogen-bond donors (Lipinski definition) is 0. The summed E-state index contributed by atoms with van der Waals surface area (Å²) in [6.45, 7) is 0. The Morgan fingerprint density at radius 2 is 1.02 bits per heavy atom.